The van der Waals surface area contributed by atoms with E-state index in [2.05, 4.69) is 0 Å². The number of hydrogen-bond acceptors (Lipinski definition) is 6. The van der Waals surface area contributed by atoms with Crippen LogP contribution in [-0.2, 0) is 45.5 Å². The molecule has 0 heterocycles. The number of carbonyl (C=O) groups is 2. The van der Waals surface area contributed by atoms with E-state index in [4.69, 9.17) is 19.7 Å². The Hall–Kier alpha value is -2.70. The molecule has 0 spiro atoms. The van der Waals surface area contributed by atoms with Gasteiger partial charge in [-0.15, -0.1) is 0 Å². The van der Waals surface area contributed by atoms with E-state index in [0.29, 0.717) is 12.8 Å². The zero-order valence-electron chi connectivity index (χ0n) is 16.0. The molecule has 2 aromatic rings. The number of aliphatic hydroxyl groups excluding tert-OH is 2. The first kappa shape index (κ1) is 21.6. The van der Waals surface area contributed by atoms with E-state index in [1.807, 2.05) is 6.92 Å². The molecule has 0 amide bonds. The van der Waals surface area contributed by atoms with Crippen molar-refractivity contribution in [2.24, 2.45) is 5.92 Å². The van der Waals surface area contributed by atoms with Gasteiger partial charge >= 0.3 is 11.9 Å². The van der Waals surface area contributed by atoms with Crippen molar-refractivity contribution in [2.45, 2.75) is 46.2 Å². The van der Waals surface area contributed by atoms with E-state index < -0.39 is 17.9 Å². The average Bonchev–Trinajstić information content (AvgIpc) is 2.74. The van der Waals surface area contributed by atoms with E-state index in [1.54, 1.807) is 48.5 Å². The number of carbonyl (C=O) groups excluding carboxylic acids is 2. The second-order valence-electron chi connectivity index (χ2n) is 6.51. The van der Waals surface area contributed by atoms with Gasteiger partial charge < -0.3 is 19.7 Å². The fraction of sp³-hybridized carbons (Fsp3) is 0.364. The molecule has 6 heteroatoms. The number of aliphatic hydroxyl groups is 2. The third kappa shape index (κ3) is 6.48. The van der Waals surface area contributed by atoms with Gasteiger partial charge in [-0.1, -0.05) is 61.9 Å². The van der Waals surface area contributed by atoms with E-state index in [-0.39, 0.29) is 26.4 Å². The largest absolute Gasteiger partial charge is 0.460 e. The third-order valence-corrected chi connectivity index (χ3v) is 4.32. The Morgan fingerprint density at radius 3 is 1.43 bits per heavy atom. The Labute approximate surface area is 164 Å². The van der Waals surface area contributed by atoms with Crippen LogP contribution in [0.3, 0.4) is 0 Å². The molecule has 6 nitrogen and oxygen atoms in total. The second-order valence-corrected chi connectivity index (χ2v) is 6.51. The lowest BCUT2D eigenvalue weighted by Crippen LogP contribution is -2.27. The van der Waals surface area contributed by atoms with Crippen molar-refractivity contribution in [3.8, 4) is 0 Å². The Bertz CT molecular complexity index is 688. The van der Waals surface area contributed by atoms with Crippen LogP contribution in [0.5, 0.6) is 0 Å². The quantitative estimate of drug-likeness (QED) is 0.482. The molecule has 0 aliphatic carbocycles. The minimum atomic E-state index is -0.960. The monoisotopic (exact) mass is 386 g/mol. The standard InChI is InChI=1S/C22H26O6/c1-2-3-20(21(25)27-14-18-8-4-16(12-23)5-9-18)22(26)28-15-19-10-6-17(13-24)7-11-19/h4-11,20,23-24H,2-3,12-15H2,1H3. The van der Waals surface area contributed by atoms with Crippen LogP contribution in [0.15, 0.2) is 48.5 Å². The molecule has 150 valence electrons. The third-order valence-electron chi connectivity index (χ3n) is 4.32. The lowest BCUT2D eigenvalue weighted by Gasteiger charge is -2.15. The summed E-state index contributed by atoms with van der Waals surface area (Å²) in [7, 11) is 0. The van der Waals surface area contributed by atoms with Crippen LogP contribution in [0.25, 0.3) is 0 Å². The highest BCUT2D eigenvalue weighted by Gasteiger charge is 2.29. The SMILES string of the molecule is CCCC(C(=O)OCc1ccc(CO)cc1)C(=O)OCc1ccc(CO)cc1. The van der Waals surface area contributed by atoms with Crippen molar-refractivity contribution in [3.63, 3.8) is 0 Å². The molecule has 2 rings (SSSR count). The molecule has 28 heavy (non-hydrogen) atoms. The topological polar surface area (TPSA) is 93.1 Å². The smallest absolute Gasteiger partial charge is 0.320 e. The summed E-state index contributed by atoms with van der Waals surface area (Å²) in [4.78, 5) is 24.8. The molecule has 0 aromatic heterocycles. The zero-order chi connectivity index (χ0) is 20.4. The molecule has 0 atom stereocenters. The zero-order valence-corrected chi connectivity index (χ0v) is 16.0. The van der Waals surface area contributed by atoms with Gasteiger partial charge in [0, 0.05) is 0 Å². The summed E-state index contributed by atoms with van der Waals surface area (Å²) in [5.41, 5.74) is 3.10. The van der Waals surface area contributed by atoms with E-state index in [1.165, 1.54) is 0 Å². The fourth-order valence-electron chi connectivity index (χ4n) is 2.61. The van der Waals surface area contributed by atoms with Crippen molar-refractivity contribution in [3.05, 3.63) is 70.8 Å². The van der Waals surface area contributed by atoms with Crippen LogP contribution in [0.1, 0.15) is 42.0 Å². The Kier molecular flexibility index (Phi) is 8.65. The predicted molar refractivity (Wildman–Crippen MR) is 103 cm³/mol. The molecule has 0 aliphatic rings. The van der Waals surface area contributed by atoms with Gasteiger partial charge in [0.2, 0.25) is 0 Å². The average molecular weight is 386 g/mol. The summed E-state index contributed by atoms with van der Waals surface area (Å²) >= 11 is 0. The van der Waals surface area contributed by atoms with Crippen LogP contribution in [0, 0.1) is 5.92 Å². The normalized spacial score (nSPS) is 10.7. The molecule has 0 bridgehead atoms. The molecule has 0 unspecified atom stereocenters. The number of hydrogen-bond donors (Lipinski definition) is 2. The van der Waals surface area contributed by atoms with Gasteiger partial charge in [-0.25, -0.2) is 0 Å². The number of ether oxygens (including phenoxy) is 2. The molecule has 0 saturated heterocycles. The summed E-state index contributed by atoms with van der Waals surface area (Å²) in [6, 6.07) is 14.1. The van der Waals surface area contributed by atoms with Crippen molar-refractivity contribution in [2.75, 3.05) is 0 Å². The lowest BCUT2D eigenvalue weighted by atomic mass is 10.0. The maximum atomic E-state index is 12.4. The minimum Gasteiger partial charge on any atom is -0.460 e. The first-order valence-electron chi connectivity index (χ1n) is 9.28. The maximum absolute atomic E-state index is 12.4. The Morgan fingerprint density at radius 1 is 0.750 bits per heavy atom. The number of benzene rings is 2. The van der Waals surface area contributed by atoms with Crippen molar-refractivity contribution in [1.29, 1.82) is 0 Å². The summed E-state index contributed by atoms with van der Waals surface area (Å²) in [6.07, 6.45) is 0.996. The molecule has 0 radical (unpaired) electrons. The summed E-state index contributed by atoms with van der Waals surface area (Å²) in [5, 5.41) is 18.1. The predicted octanol–water partition coefficient (Wildman–Crippen LogP) is 2.87. The number of esters is 2. The molecular formula is C22H26O6. The van der Waals surface area contributed by atoms with Gasteiger partial charge in [-0.2, -0.15) is 0 Å². The first-order chi connectivity index (χ1) is 13.6. The summed E-state index contributed by atoms with van der Waals surface area (Å²) in [5.74, 6) is -2.17. The fourth-order valence-corrected chi connectivity index (χ4v) is 2.61. The van der Waals surface area contributed by atoms with E-state index in [9.17, 15) is 9.59 Å². The second kappa shape index (κ2) is 11.2. The first-order valence-corrected chi connectivity index (χ1v) is 9.28. The molecule has 0 saturated carbocycles. The Morgan fingerprint density at radius 2 is 1.11 bits per heavy atom. The number of rotatable bonds is 10. The van der Waals surface area contributed by atoms with Crippen LogP contribution in [-0.4, -0.2) is 22.2 Å². The highest BCUT2D eigenvalue weighted by Crippen LogP contribution is 2.15. The highest BCUT2D eigenvalue weighted by molar-refractivity contribution is 5.94. The van der Waals surface area contributed by atoms with E-state index >= 15 is 0 Å². The highest BCUT2D eigenvalue weighted by atomic mass is 16.6. The van der Waals surface area contributed by atoms with Gasteiger partial charge in [0.1, 0.15) is 13.2 Å². The summed E-state index contributed by atoms with van der Waals surface area (Å²) in [6.45, 7) is 1.90. The molecule has 0 aliphatic heterocycles. The maximum Gasteiger partial charge on any atom is 0.320 e. The van der Waals surface area contributed by atoms with Gasteiger partial charge in [0.25, 0.3) is 0 Å². The van der Waals surface area contributed by atoms with Crippen molar-refractivity contribution in [1.82, 2.24) is 0 Å². The molecule has 0 fully saturated rings. The van der Waals surface area contributed by atoms with Gasteiger partial charge in [-0.3, -0.25) is 9.59 Å². The Balaban J connectivity index is 1.89. The van der Waals surface area contributed by atoms with Crippen LogP contribution >= 0.6 is 0 Å². The van der Waals surface area contributed by atoms with Gasteiger partial charge in [-0.05, 0) is 28.7 Å². The molecule has 2 N–H and O–H groups in total. The molecular weight excluding hydrogens is 360 g/mol. The molecule has 2 aromatic carbocycles. The van der Waals surface area contributed by atoms with Crippen LogP contribution in [0.2, 0.25) is 0 Å². The minimum absolute atomic E-state index is 0.0484. The summed E-state index contributed by atoms with van der Waals surface area (Å²) < 4.78 is 10.6. The van der Waals surface area contributed by atoms with E-state index in [0.717, 1.165) is 22.3 Å². The van der Waals surface area contributed by atoms with Crippen LogP contribution in [0.4, 0.5) is 0 Å². The van der Waals surface area contributed by atoms with Crippen LogP contribution < -0.4 is 0 Å². The van der Waals surface area contributed by atoms with Crippen molar-refractivity contribution >= 4 is 11.9 Å². The van der Waals surface area contributed by atoms with Gasteiger partial charge in [0.15, 0.2) is 5.92 Å². The lowest BCUT2D eigenvalue weighted by molar-refractivity contribution is -0.164. The van der Waals surface area contributed by atoms with Gasteiger partial charge in [0.05, 0.1) is 13.2 Å². The van der Waals surface area contributed by atoms with Crippen molar-refractivity contribution < 1.29 is 29.3 Å².